The Morgan fingerprint density at radius 1 is 0.500 bits per heavy atom. The molecule has 4 aromatic carbocycles. The molecule has 1 nitrogen and oxygen atoms in total. The van der Waals surface area contributed by atoms with E-state index in [1.54, 1.807) is 0 Å². The molecule has 0 aliphatic carbocycles. The van der Waals surface area contributed by atoms with E-state index in [9.17, 15) is 0 Å². The summed E-state index contributed by atoms with van der Waals surface area (Å²) in [7, 11) is 0. The first-order chi connectivity index (χ1) is 12.9. The van der Waals surface area contributed by atoms with Gasteiger partial charge < -0.3 is 4.42 Å². The van der Waals surface area contributed by atoms with Gasteiger partial charge in [-0.05, 0) is 35.4 Å². The van der Waals surface area contributed by atoms with Crippen molar-refractivity contribution in [3.05, 3.63) is 84.9 Å². The van der Waals surface area contributed by atoms with Gasteiger partial charge in [0.1, 0.15) is 11.2 Å². The molecular weight excluding hydrogens is 336 g/mol. The quantitative estimate of drug-likeness (QED) is 0.297. The van der Waals surface area contributed by atoms with Crippen LogP contribution in [0.15, 0.2) is 89.3 Å². The molecule has 0 unspecified atom stereocenters. The predicted molar refractivity (Wildman–Crippen MR) is 112 cm³/mol. The Bertz CT molecular complexity index is 1320. The van der Waals surface area contributed by atoms with Gasteiger partial charge in [0.15, 0.2) is 0 Å². The average Bonchev–Trinajstić information content (AvgIpc) is 3.26. The highest BCUT2D eigenvalue weighted by molar-refractivity contribution is 7.25. The fourth-order valence-corrected chi connectivity index (χ4v) is 5.13. The van der Waals surface area contributed by atoms with Crippen LogP contribution < -0.4 is 0 Å². The van der Waals surface area contributed by atoms with E-state index in [0.29, 0.717) is 0 Å². The lowest BCUT2D eigenvalue weighted by Crippen LogP contribution is -1.81. The summed E-state index contributed by atoms with van der Waals surface area (Å²) in [6.07, 6.45) is 0. The highest BCUT2D eigenvalue weighted by atomic mass is 32.1. The van der Waals surface area contributed by atoms with E-state index >= 15 is 0 Å². The number of rotatable bonds is 1. The summed E-state index contributed by atoms with van der Waals surface area (Å²) in [5, 5.41) is 5.04. The van der Waals surface area contributed by atoms with Gasteiger partial charge in [0.25, 0.3) is 0 Å². The summed E-state index contributed by atoms with van der Waals surface area (Å²) < 4.78 is 8.76. The third-order valence-corrected chi connectivity index (χ3v) is 6.23. The van der Waals surface area contributed by atoms with Crippen molar-refractivity contribution in [2.75, 3.05) is 0 Å². The van der Waals surface area contributed by atoms with Gasteiger partial charge >= 0.3 is 0 Å². The van der Waals surface area contributed by atoms with Crippen LogP contribution >= 0.6 is 11.3 Å². The third kappa shape index (κ3) is 1.85. The topological polar surface area (TPSA) is 13.1 Å². The molecule has 2 aromatic heterocycles. The van der Waals surface area contributed by atoms with Gasteiger partial charge in [-0.1, -0.05) is 60.7 Å². The minimum absolute atomic E-state index is 0.942. The van der Waals surface area contributed by atoms with Crippen LogP contribution in [0.4, 0.5) is 0 Å². The number of hydrogen-bond acceptors (Lipinski definition) is 2. The summed E-state index contributed by atoms with van der Waals surface area (Å²) in [6, 6.07) is 29.9. The Kier molecular flexibility index (Phi) is 2.82. The Hall–Kier alpha value is -3.10. The lowest BCUT2D eigenvalue weighted by atomic mass is 9.95. The van der Waals surface area contributed by atoms with E-state index in [1.807, 2.05) is 23.5 Å². The van der Waals surface area contributed by atoms with E-state index in [4.69, 9.17) is 4.42 Å². The van der Waals surface area contributed by atoms with Gasteiger partial charge in [-0.3, -0.25) is 0 Å². The minimum Gasteiger partial charge on any atom is -0.456 e. The molecule has 0 radical (unpaired) electrons. The molecular formula is C24H14OS. The van der Waals surface area contributed by atoms with Crippen LogP contribution in [0.1, 0.15) is 0 Å². The highest BCUT2D eigenvalue weighted by Crippen LogP contribution is 2.43. The molecule has 6 aromatic rings. The van der Waals surface area contributed by atoms with Gasteiger partial charge in [0.2, 0.25) is 0 Å². The molecule has 26 heavy (non-hydrogen) atoms. The molecule has 0 bridgehead atoms. The second-order valence-corrected chi connectivity index (χ2v) is 7.64. The van der Waals surface area contributed by atoms with Crippen LogP contribution in [0, 0.1) is 0 Å². The molecule has 2 heterocycles. The summed E-state index contributed by atoms with van der Waals surface area (Å²) in [4.78, 5) is 0. The van der Waals surface area contributed by atoms with Gasteiger partial charge in [0, 0.05) is 30.9 Å². The summed E-state index contributed by atoms with van der Waals surface area (Å²) in [5.41, 5.74) is 4.40. The molecule has 0 spiro atoms. The maximum Gasteiger partial charge on any atom is 0.136 e. The second kappa shape index (κ2) is 5.20. The molecule has 0 saturated carbocycles. The molecule has 0 N–H and O–H groups in total. The van der Waals surface area contributed by atoms with Crippen LogP contribution in [-0.2, 0) is 0 Å². The largest absolute Gasteiger partial charge is 0.456 e. The lowest BCUT2D eigenvalue weighted by molar-refractivity contribution is 0.669. The van der Waals surface area contributed by atoms with Gasteiger partial charge in [-0.2, -0.15) is 0 Å². The molecule has 0 aliphatic heterocycles. The molecule has 0 aliphatic rings. The summed E-state index contributed by atoms with van der Waals surface area (Å²) in [5.74, 6) is 0. The Morgan fingerprint density at radius 3 is 2.08 bits per heavy atom. The Balaban J connectivity index is 1.82. The number of fused-ring (bicyclic) bond motifs is 6. The molecule has 0 amide bonds. The molecule has 2 heteroatoms. The Labute approximate surface area is 154 Å². The Morgan fingerprint density at radius 2 is 1.15 bits per heavy atom. The molecule has 122 valence electrons. The van der Waals surface area contributed by atoms with Crippen LogP contribution in [0.5, 0.6) is 0 Å². The van der Waals surface area contributed by atoms with E-state index < -0.39 is 0 Å². The fraction of sp³-hybridized carbons (Fsp3) is 0. The van der Waals surface area contributed by atoms with Crippen molar-refractivity contribution in [2.24, 2.45) is 0 Å². The molecule has 6 rings (SSSR count). The van der Waals surface area contributed by atoms with Crippen molar-refractivity contribution >= 4 is 53.4 Å². The smallest absolute Gasteiger partial charge is 0.136 e. The third-order valence-electron chi connectivity index (χ3n) is 5.10. The van der Waals surface area contributed by atoms with Crippen molar-refractivity contribution in [3.8, 4) is 11.1 Å². The monoisotopic (exact) mass is 350 g/mol. The molecule has 0 atom stereocenters. The standard InChI is InChI=1S/C24H14OS/c1-3-11-19-17(7-1)23-15(9-5-12-20(23)25-19)16-10-6-14-22-24(16)18-8-2-4-13-21(18)26-22/h1-14H. The van der Waals surface area contributed by atoms with E-state index in [2.05, 4.69) is 72.8 Å². The zero-order chi connectivity index (χ0) is 17.1. The van der Waals surface area contributed by atoms with Crippen LogP contribution in [0.3, 0.4) is 0 Å². The minimum atomic E-state index is 0.942. The number of benzene rings is 4. The van der Waals surface area contributed by atoms with Crippen molar-refractivity contribution in [1.82, 2.24) is 0 Å². The molecule has 0 saturated heterocycles. The van der Waals surface area contributed by atoms with Crippen LogP contribution in [0.2, 0.25) is 0 Å². The van der Waals surface area contributed by atoms with E-state index in [-0.39, 0.29) is 0 Å². The van der Waals surface area contributed by atoms with Gasteiger partial charge in [-0.15, -0.1) is 11.3 Å². The van der Waals surface area contributed by atoms with Crippen molar-refractivity contribution in [1.29, 1.82) is 0 Å². The maximum absolute atomic E-state index is 6.10. The van der Waals surface area contributed by atoms with Gasteiger partial charge in [-0.25, -0.2) is 0 Å². The lowest BCUT2D eigenvalue weighted by Gasteiger charge is -2.07. The fourth-order valence-electron chi connectivity index (χ4n) is 4.00. The van der Waals surface area contributed by atoms with E-state index in [0.717, 1.165) is 11.2 Å². The summed E-state index contributed by atoms with van der Waals surface area (Å²) in [6.45, 7) is 0. The van der Waals surface area contributed by atoms with Crippen molar-refractivity contribution < 1.29 is 4.42 Å². The summed E-state index contributed by atoms with van der Waals surface area (Å²) >= 11 is 1.86. The number of furan rings is 1. The maximum atomic E-state index is 6.10. The van der Waals surface area contributed by atoms with Crippen molar-refractivity contribution in [3.63, 3.8) is 0 Å². The SMILES string of the molecule is c1ccc2c(c1)oc1cccc(-c3cccc4sc5ccccc5c34)c12. The van der Waals surface area contributed by atoms with Crippen LogP contribution in [-0.4, -0.2) is 0 Å². The zero-order valence-corrected chi connectivity index (χ0v) is 14.7. The number of para-hydroxylation sites is 1. The van der Waals surface area contributed by atoms with Crippen molar-refractivity contribution in [2.45, 2.75) is 0 Å². The first kappa shape index (κ1) is 14.1. The van der Waals surface area contributed by atoms with Crippen LogP contribution in [0.25, 0.3) is 53.2 Å². The highest BCUT2D eigenvalue weighted by Gasteiger charge is 2.15. The predicted octanol–water partition coefficient (Wildman–Crippen LogP) is 7.62. The molecule has 0 fully saturated rings. The first-order valence-corrected chi connectivity index (χ1v) is 9.53. The average molecular weight is 350 g/mol. The first-order valence-electron chi connectivity index (χ1n) is 8.71. The van der Waals surface area contributed by atoms with E-state index in [1.165, 1.54) is 42.1 Å². The normalized spacial score (nSPS) is 11.8. The number of hydrogen-bond donors (Lipinski definition) is 0. The zero-order valence-electron chi connectivity index (χ0n) is 13.9. The second-order valence-electron chi connectivity index (χ2n) is 6.55. The number of thiophene rings is 1. The van der Waals surface area contributed by atoms with Gasteiger partial charge in [0.05, 0.1) is 0 Å².